The molecule has 0 spiro atoms. The molecule has 0 amide bonds. The lowest BCUT2D eigenvalue weighted by Crippen LogP contribution is -2.12. The number of hydrogen-bond donors (Lipinski definition) is 0. The van der Waals surface area contributed by atoms with E-state index in [1.54, 1.807) is 0 Å². The van der Waals surface area contributed by atoms with Gasteiger partial charge in [0.15, 0.2) is 5.78 Å². The molecule has 1 aromatic carbocycles. The van der Waals surface area contributed by atoms with Crippen molar-refractivity contribution >= 4 is 5.78 Å². The zero-order valence-corrected chi connectivity index (χ0v) is 9.74. The summed E-state index contributed by atoms with van der Waals surface area (Å²) in [6.45, 7) is 2.93. The van der Waals surface area contributed by atoms with Crippen molar-refractivity contribution in [2.24, 2.45) is 0 Å². The van der Waals surface area contributed by atoms with Crippen molar-refractivity contribution in [1.82, 2.24) is 0 Å². The lowest BCUT2D eigenvalue weighted by Gasteiger charge is -2.08. The first kappa shape index (κ1) is 11.3. The van der Waals surface area contributed by atoms with Crippen LogP contribution in [-0.2, 0) is 11.2 Å². The van der Waals surface area contributed by atoms with Crippen LogP contribution in [0.25, 0.3) is 0 Å². The maximum absolute atomic E-state index is 11.9. The number of aryl methyl sites for hydroxylation is 1. The Balaban J connectivity index is 1.97. The normalized spacial score (nSPS) is 19.9. The predicted octanol–water partition coefficient (Wildman–Crippen LogP) is 3.00. The third-order valence-corrected chi connectivity index (χ3v) is 3.12. The topological polar surface area (TPSA) is 26.3 Å². The molecule has 1 unspecified atom stereocenters. The molecule has 2 rings (SSSR count). The summed E-state index contributed by atoms with van der Waals surface area (Å²) in [5, 5.41) is 0. The molecule has 0 aromatic heterocycles. The Labute approximate surface area is 96.6 Å². The summed E-state index contributed by atoms with van der Waals surface area (Å²) < 4.78 is 5.47. The molecule has 1 heterocycles. The van der Waals surface area contributed by atoms with E-state index < -0.39 is 0 Å². The Morgan fingerprint density at radius 1 is 1.38 bits per heavy atom. The average molecular weight is 218 g/mol. The largest absolute Gasteiger partial charge is 0.378 e. The molecule has 0 N–H and O–H groups in total. The third kappa shape index (κ3) is 2.70. The number of ether oxygens (including phenoxy) is 1. The van der Waals surface area contributed by atoms with Crippen LogP contribution in [0.4, 0.5) is 0 Å². The number of carbonyl (C=O) groups is 1. The molecule has 1 aromatic rings. The van der Waals surface area contributed by atoms with Gasteiger partial charge in [0.05, 0.1) is 6.10 Å². The number of Topliss-reactive ketones (excluding diaryl/α,β-unsaturated/α-hetero) is 1. The van der Waals surface area contributed by atoms with Crippen LogP contribution in [-0.4, -0.2) is 18.5 Å². The van der Waals surface area contributed by atoms with E-state index in [9.17, 15) is 4.79 Å². The Morgan fingerprint density at radius 3 is 2.69 bits per heavy atom. The molecule has 2 nitrogen and oxygen atoms in total. The zero-order valence-electron chi connectivity index (χ0n) is 9.74. The van der Waals surface area contributed by atoms with Crippen molar-refractivity contribution in [2.75, 3.05) is 6.61 Å². The van der Waals surface area contributed by atoms with Crippen molar-refractivity contribution in [3.8, 4) is 0 Å². The van der Waals surface area contributed by atoms with E-state index in [0.29, 0.717) is 6.42 Å². The maximum Gasteiger partial charge on any atom is 0.165 e. The summed E-state index contributed by atoms with van der Waals surface area (Å²) in [7, 11) is 0. The Kier molecular flexibility index (Phi) is 3.73. The van der Waals surface area contributed by atoms with Gasteiger partial charge in [0.1, 0.15) is 0 Å². The first-order valence-electron chi connectivity index (χ1n) is 6.03. The van der Waals surface area contributed by atoms with Gasteiger partial charge in [0.2, 0.25) is 0 Å². The van der Waals surface area contributed by atoms with Gasteiger partial charge < -0.3 is 4.74 Å². The van der Waals surface area contributed by atoms with E-state index in [0.717, 1.165) is 31.4 Å². The number of hydrogen-bond acceptors (Lipinski definition) is 2. The molecule has 16 heavy (non-hydrogen) atoms. The minimum Gasteiger partial charge on any atom is -0.378 e. The van der Waals surface area contributed by atoms with E-state index in [-0.39, 0.29) is 11.9 Å². The van der Waals surface area contributed by atoms with Crippen molar-refractivity contribution in [3.63, 3.8) is 0 Å². The van der Waals surface area contributed by atoms with Gasteiger partial charge in [0.25, 0.3) is 0 Å². The van der Waals surface area contributed by atoms with Gasteiger partial charge in [-0.1, -0.05) is 31.2 Å². The molecular formula is C14H18O2. The van der Waals surface area contributed by atoms with E-state index in [1.807, 2.05) is 24.3 Å². The Hall–Kier alpha value is -1.15. The lowest BCUT2D eigenvalue weighted by molar-refractivity contribution is 0.0775. The fourth-order valence-electron chi connectivity index (χ4n) is 2.06. The highest BCUT2D eigenvalue weighted by Gasteiger charge is 2.19. The van der Waals surface area contributed by atoms with Gasteiger partial charge in [-0.15, -0.1) is 0 Å². The van der Waals surface area contributed by atoms with Gasteiger partial charge in [-0.2, -0.15) is 0 Å². The van der Waals surface area contributed by atoms with Gasteiger partial charge in [-0.25, -0.2) is 0 Å². The summed E-state index contributed by atoms with van der Waals surface area (Å²) in [5.74, 6) is 0.203. The summed E-state index contributed by atoms with van der Waals surface area (Å²) in [4.78, 5) is 11.9. The lowest BCUT2D eigenvalue weighted by atomic mass is 10.0. The van der Waals surface area contributed by atoms with E-state index >= 15 is 0 Å². The van der Waals surface area contributed by atoms with Crippen LogP contribution in [0.2, 0.25) is 0 Å². The summed E-state index contributed by atoms with van der Waals surface area (Å²) in [6.07, 6.45) is 3.82. The second kappa shape index (κ2) is 5.26. The number of rotatable bonds is 4. The fraction of sp³-hybridized carbons (Fsp3) is 0.500. The molecule has 1 fully saturated rings. The second-order valence-corrected chi connectivity index (χ2v) is 4.31. The summed E-state index contributed by atoms with van der Waals surface area (Å²) in [5.41, 5.74) is 2.08. The SMILES string of the molecule is CCc1ccc(C(=O)CC2CCCO2)cc1. The minimum absolute atomic E-state index is 0.151. The second-order valence-electron chi connectivity index (χ2n) is 4.31. The predicted molar refractivity (Wildman–Crippen MR) is 63.7 cm³/mol. The first-order chi connectivity index (χ1) is 7.79. The number of benzene rings is 1. The van der Waals surface area contributed by atoms with Crippen molar-refractivity contribution < 1.29 is 9.53 Å². The third-order valence-electron chi connectivity index (χ3n) is 3.12. The Bertz CT molecular complexity index is 348. The van der Waals surface area contributed by atoms with Crippen LogP contribution < -0.4 is 0 Å². The van der Waals surface area contributed by atoms with Gasteiger partial charge >= 0.3 is 0 Å². The van der Waals surface area contributed by atoms with Crippen molar-refractivity contribution in [1.29, 1.82) is 0 Å². The summed E-state index contributed by atoms with van der Waals surface area (Å²) in [6, 6.07) is 7.91. The van der Waals surface area contributed by atoms with Gasteiger partial charge in [0, 0.05) is 18.6 Å². The summed E-state index contributed by atoms with van der Waals surface area (Å²) >= 11 is 0. The Morgan fingerprint density at radius 2 is 2.12 bits per heavy atom. The number of carbonyl (C=O) groups excluding carboxylic acids is 1. The van der Waals surface area contributed by atoms with Gasteiger partial charge in [-0.3, -0.25) is 4.79 Å². The van der Waals surface area contributed by atoms with Crippen LogP contribution in [0.15, 0.2) is 24.3 Å². The molecule has 0 bridgehead atoms. The molecular weight excluding hydrogens is 200 g/mol. The quantitative estimate of drug-likeness (QED) is 0.726. The molecule has 1 aliphatic rings. The minimum atomic E-state index is 0.151. The van der Waals surface area contributed by atoms with Crippen molar-refractivity contribution in [2.45, 2.75) is 38.7 Å². The molecule has 0 aliphatic carbocycles. The molecule has 1 aliphatic heterocycles. The van der Waals surface area contributed by atoms with Crippen LogP contribution in [0.1, 0.15) is 42.1 Å². The van der Waals surface area contributed by atoms with Crippen LogP contribution in [0, 0.1) is 0 Å². The monoisotopic (exact) mass is 218 g/mol. The standard InChI is InChI=1S/C14H18O2/c1-2-11-5-7-12(8-6-11)14(15)10-13-4-3-9-16-13/h5-8,13H,2-4,9-10H2,1H3. The molecule has 86 valence electrons. The van der Waals surface area contributed by atoms with E-state index in [2.05, 4.69) is 6.92 Å². The van der Waals surface area contributed by atoms with Crippen LogP contribution >= 0.6 is 0 Å². The van der Waals surface area contributed by atoms with E-state index in [1.165, 1.54) is 5.56 Å². The van der Waals surface area contributed by atoms with Crippen LogP contribution in [0.3, 0.4) is 0 Å². The molecule has 2 heteroatoms. The molecule has 1 atom stereocenters. The number of ketones is 1. The maximum atomic E-state index is 11.9. The van der Waals surface area contributed by atoms with Gasteiger partial charge in [-0.05, 0) is 24.8 Å². The molecule has 0 saturated carbocycles. The van der Waals surface area contributed by atoms with Crippen LogP contribution in [0.5, 0.6) is 0 Å². The molecule has 1 saturated heterocycles. The smallest absolute Gasteiger partial charge is 0.165 e. The highest BCUT2D eigenvalue weighted by molar-refractivity contribution is 5.96. The molecule has 0 radical (unpaired) electrons. The van der Waals surface area contributed by atoms with E-state index in [4.69, 9.17) is 4.74 Å². The average Bonchev–Trinajstić information content (AvgIpc) is 2.82. The highest BCUT2D eigenvalue weighted by Crippen LogP contribution is 2.18. The first-order valence-corrected chi connectivity index (χ1v) is 6.03. The highest BCUT2D eigenvalue weighted by atomic mass is 16.5. The fourth-order valence-corrected chi connectivity index (χ4v) is 2.06. The van der Waals surface area contributed by atoms with Crippen molar-refractivity contribution in [3.05, 3.63) is 35.4 Å². The zero-order chi connectivity index (χ0) is 11.4.